The summed E-state index contributed by atoms with van der Waals surface area (Å²) in [6, 6.07) is 10.2. The molecule has 0 bridgehead atoms. The SMILES string of the molecule is Nc1ccc2c(c1)[nH]c(=O)n2S(=O)(=O)c1cccc(Cl)c1. The summed E-state index contributed by atoms with van der Waals surface area (Å²) in [6.45, 7) is 0. The second-order valence-electron chi connectivity index (χ2n) is 4.43. The summed E-state index contributed by atoms with van der Waals surface area (Å²) in [6.07, 6.45) is 0. The quantitative estimate of drug-likeness (QED) is 0.703. The molecule has 21 heavy (non-hydrogen) atoms. The topological polar surface area (TPSA) is 97.9 Å². The highest BCUT2D eigenvalue weighted by Crippen LogP contribution is 2.21. The number of aromatic amines is 1. The van der Waals surface area contributed by atoms with Gasteiger partial charge in [-0.1, -0.05) is 17.7 Å². The standard InChI is InChI=1S/C13H10ClN3O3S/c14-8-2-1-3-10(6-8)21(19,20)17-12-5-4-9(15)7-11(12)16-13(17)18/h1-7H,15H2,(H,16,18). The molecule has 0 aliphatic heterocycles. The van der Waals surface area contributed by atoms with E-state index in [9.17, 15) is 13.2 Å². The van der Waals surface area contributed by atoms with Gasteiger partial charge >= 0.3 is 5.69 Å². The Kier molecular flexibility index (Phi) is 3.03. The molecule has 0 spiro atoms. The van der Waals surface area contributed by atoms with E-state index in [1.807, 2.05) is 0 Å². The Hall–Kier alpha value is -2.25. The van der Waals surface area contributed by atoms with Gasteiger partial charge in [0, 0.05) is 10.7 Å². The number of aromatic nitrogens is 2. The molecule has 0 atom stereocenters. The van der Waals surface area contributed by atoms with Gasteiger partial charge in [-0.25, -0.2) is 13.2 Å². The number of halogens is 1. The van der Waals surface area contributed by atoms with Gasteiger partial charge < -0.3 is 10.7 Å². The Bertz CT molecular complexity index is 1000. The number of hydrogen-bond donors (Lipinski definition) is 2. The van der Waals surface area contributed by atoms with E-state index in [0.717, 1.165) is 0 Å². The molecule has 8 heteroatoms. The molecular weight excluding hydrogens is 314 g/mol. The molecule has 0 radical (unpaired) electrons. The van der Waals surface area contributed by atoms with Gasteiger partial charge in [0.2, 0.25) is 0 Å². The first-order valence-corrected chi connectivity index (χ1v) is 7.73. The third-order valence-corrected chi connectivity index (χ3v) is 4.93. The number of fused-ring (bicyclic) bond motifs is 1. The Morgan fingerprint density at radius 3 is 2.62 bits per heavy atom. The lowest BCUT2D eigenvalue weighted by atomic mass is 10.3. The van der Waals surface area contributed by atoms with Crippen molar-refractivity contribution in [1.82, 2.24) is 8.96 Å². The van der Waals surface area contributed by atoms with E-state index in [1.165, 1.54) is 36.4 Å². The third-order valence-electron chi connectivity index (χ3n) is 3.00. The molecule has 0 aliphatic rings. The van der Waals surface area contributed by atoms with Crippen molar-refractivity contribution < 1.29 is 8.42 Å². The van der Waals surface area contributed by atoms with Crippen molar-refractivity contribution in [3.05, 3.63) is 58.0 Å². The lowest BCUT2D eigenvalue weighted by molar-refractivity contribution is 0.587. The summed E-state index contributed by atoms with van der Waals surface area (Å²) in [5.41, 5.74) is 5.88. The number of benzene rings is 2. The van der Waals surface area contributed by atoms with Crippen molar-refractivity contribution in [2.75, 3.05) is 5.73 Å². The molecule has 0 fully saturated rings. The number of H-pyrrole nitrogens is 1. The number of rotatable bonds is 2. The smallest absolute Gasteiger partial charge is 0.340 e. The first kappa shape index (κ1) is 13.7. The Balaban J connectivity index is 2.34. The van der Waals surface area contributed by atoms with Crippen LogP contribution in [0.4, 0.5) is 5.69 Å². The van der Waals surface area contributed by atoms with Gasteiger partial charge in [0.1, 0.15) is 0 Å². The summed E-state index contributed by atoms with van der Waals surface area (Å²) in [4.78, 5) is 14.4. The first-order chi connectivity index (χ1) is 9.89. The van der Waals surface area contributed by atoms with Crippen LogP contribution in [0.15, 0.2) is 52.2 Å². The minimum absolute atomic E-state index is 0.0603. The molecule has 0 aliphatic carbocycles. The van der Waals surface area contributed by atoms with E-state index >= 15 is 0 Å². The van der Waals surface area contributed by atoms with Gasteiger partial charge in [-0.2, -0.15) is 3.97 Å². The zero-order chi connectivity index (χ0) is 15.2. The molecule has 0 saturated carbocycles. The van der Waals surface area contributed by atoms with E-state index in [1.54, 1.807) is 6.07 Å². The summed E-state index contributed by atoms with van der Waals surface area (Å²) in [5, 5.41) is 0.271. The molecule has 0 amide bonds. The van der Waals surface area contributed by atoms with Crippen molar-refractivity contribution in [1.29, 1.82) is 0 Å². The molecule has 1 heterocycles. The monoisotopic (exact) mass is 323 g/mol. The number of hydrogen-bond acceptors (Lipinski definition) is 4. The minimum Gasteiger partial charge on any atom is -0.399 e. The Morgan fingerprint density at radius 2 is 1.90 bits per heavy atom. The normalized spacial score (nSPS) is 11.9. The van der Waals surface area contributed by atoms with Crippen LogP contribution in [0.25, 0.3) is 11.0 Å². The molecule has 3 N–H and O–H groups in total. The predicted octanol–water partition coefficient (Wildman–Crippen LogP) is 1.80. The summed E-state index contributed by atoms with van der Waals surface area (Å²) in [7, 11) is -4.04. The van der Waals surface area contributed by atoms with Crippen molar-refractivity contribution in [2.45, 2.75) is 4.90 Å². The minimum atomic E-state index is -4.04. The summed E-state index contributed by atoms with van der Waals surface area (Å²) >= 11 is 5.81. The Labute approximate surface area is 124 Å². The number of imidazole rings is 1. The third kappa shape index (κ3) is 2.20. The van der Waals surface area contributed by atoms with Crippen LogP contribution in [0.3, 0.4) is 0 Å². The van der Waals surface area contributed by atoms with Crippen molar-refractivity contribution >= 4 is 38.3 Å². The van der Waals surface area contributed by atoms with Gasteiger partial charge in [-0.3, -0.25) is 0 Å². The largest absolute Gasteiger partial charge is 0.399 e. The molecule has 108 valence electrons. The van der Waals surface area contributed by atoms with Crippen LogP contribution in [0, 0.1) is 0 Å². The zero-order valence-corrected chi connectivity index (χ0v) is 12.1. The van der Waals surface area contributed by atoms with Crippen molar-refractivity contribution in [3.8, 4) is 0 Å². The highest BCUT2D eigenvalue weighted by molar-refractivity contribution is 7.90. The Morgan fingerprint density at radius 1 is 1.14 bits per heavy atom. The van der Waals surface area contributed by atoms with Gasteiger partial charge in [-0.05, 0) is 36.4 Å². The lowest BCUT2D eigenvalue weighted by Crippen LogP contribution is -2.25. The van der Waals surface area contributed by atoms with Crippen LogP contribution in [0.5, 0.6) is 0 Å². The number of anilines is 1. The number of nitrogens with one attached hydrogen (secondary N) is 1. The fourth-order valence-corrected chi connectivity index (χ4v) is 3.75. The fraction of sp³-hybridized carbons (Fsp3) is 0. The lowest BCUT2D eigenvalue weighted by Gasteiger charge is -2.06. The van der Waals surface area contributed by atoms with Crippen LogP contribution < -0.4 is 11.4 Å². The second-order valence-corrected chi connectivity index (χ2v) is 6.66. The van der Waals surface area contributed by atoms with Crippen LogP contribution in [-0.2, 0) is 10.0 Å². The van der Waals surface area contributed by atoms with E-state index in [2.05, 4.69) is 4.98 Å². The van der Waals surface area contributed by atoms with Gasteiger partial charge in [0.15, 0.2) is 0 Å². The molecule has 6 nitrogen and oxygen atoms in total. The zero-order valence-electron chi connectivity index (χ0n) is 10.6. The molecule has 0 unspecified atom stereocenters. The van der Waals surface area contributed by atoms with Crippen molar-refractivity contribution in [2.24, 2.45) is 0 Å². The first-order valence-electron chi connectivity index (χ1n) is 5.91. The fourth-order valence-electron chi connectivity index (χ4n) is 2.08. The maximum Gasteiger partial charge on any atom is 0.340 e. The summed E-state index contributed by atoms with van der Waals surface area (Å²) in [5.74, 6) is 0. The molecule has 3 aromatic rings. The van der Waals surface area contributed by atoms with E-state index in [4.69, 9.17) is 17.3 Å². The highest BCUT2D eigenvalue weighted by atomic mass is 35.5. The molecule has 2 aromatic carbocycles. The van der Waals surface area contributed by atoms with E-state index in [0.29, 0.717) is 15.2 Å². The highest BCUT2D eigenvalue weighted by Gasteiger charge is 2.22. The second kappa shape index (κ2) is 4.64. The molecule has 3 rings (SSSR count). The predicted molar refractivity (Wildman–Crippen MR) is 81.0 cm³/mol. The summed E-state index contributed by atoms with van der Waals surface area (Å²) < 4.78 is 25.9. The van der Waals surface area contributed by atoms with Crippen LogP contribution >= 0.6 is 11.6 Å². The molecule has 0 saturated heterocycles. The van der Waals surface area contributed by atoms with E-state index in [-0.39, 0.29) is 15.4 Å². The maximum absolute atomic E-state index is 12.6. The number of nitrogens with two attached hydrogens (primary N) is 1. The molecular formula is C13H10ClN3O3S. The van der Waals surface area contributed by atoms with Gasteiger partial charge in [0.25, 0.3) is 10.0 Å². The van der Waals surface area contributed by atoms with Gasteiger partial charge in [-0.15, -0.1) is 0 Å². The average molecular weight is 324 g/mol. The van der Waals surface area contributed by atoms with Crippen molar-refractivity contribution in [3.63, 3.8) is 0 Å². The maximum atomic E-state index is 12.6. The van der Waals surface area contributed by atoms with Gasteiger partial charge in [0.05, 0.1) is 15.9 Å². The van der Waals surface area contributed by atoms with Crippen LogP contribution in [0.1, 0.15) is 0 Å². The molecule has 1 aromatic heterocycles. The number of nitrogens with zero attached hydrogens (tertiary/aromatic N) is 1. The number of nitrogen functional groups attached to an aromatic ring is 1. The van der Waals surface area contributed by atoms with E-state index < -0.39 is 15.7 Å². The average Bonchev–Trinajstić information content (AvgIpc) is 2.74. The van der Waals surface area contributed by atoms with Crippen LogP contribution in [0.2, 0.25) is 5.02 Å². The van der Waals surface area contributed by atoms with Crippen LogP contribution in [-0.4, -0.2) is 17.4 Å².